The maximum atomic E-state index is 12.8. The highest BCUT2D eigenvalue weighted by molar-refractivity contribution is 6.26. The van der Waals surface area contributed by atoms with Gasteiger partial charge in [0.1, 0.15) is 0 Å². The summed E-state index contributed by atoms with van der Waals surface area (Å²) in [6, 6.07) is 9.22. The molecule has 0 fully saturated rings. The van der Waals surface area contributed by atoms with E-state index in [0.29, 0.717) is 50.4 Å². The minimum absolute atomic E-state index is 0.240. The van der Waals surface area contributed by atoms with Gasteiger partial charge in [-0.1, -0.05) is 12.1 Å². The maximum Gasteiger partial charge on any atom is 0.261 e. The molecule has 0 bridgehead atoms. The highest BCUT2D eigenvalue weighted by Gasteiger charge is 2.32. The zero-order valence-corrected chi connectivity index (χ0v) is 14.4. The van der Waals surface area contributed by atoms with E-state index < -0.39 is 0 Å². The van der Waals surface area contributed by atoms with Gasteiger partial charge >= 0.3 is 0 Å². The normalized spacial score (nSPS) is 13.6. The third kappa shape index (κ3) is 3.23. The van der Waals surface area contributed by atoms with Crippen LogP contribution in [0.2, 0.25) is 0 Å². The first kappa shape index (κ1) is 17.4. The molecule has 0 aromatic heterocycles. The summed E-state index contributed by atoms with van der Waals surface area (Å²) in [4.78, 5) is 27.0. The first-order valence-corrected chi connectivity index (χ1v) is 8.62. The number of carbonyl (C=O) groups is 2. The van der Waals surface area contributed by atoms with E-state index in [9.17, 15) is 9.59 Å². The van der Waals surface area contributed by atoms with Crippen LogP contribution in [-0.2, 0) is 4.74 Å². The lowest BCUT2D eigenvalue weighted by Crippen LogP contribution is -2.41. The minimum Gasteiger partial charge on any atom is -0.383 e. The van der Waals surface area contributed by atoms with Crippen LogP contribution in [0.5, 0.6) is 0 Å². The number of amides is 2. The number of carbonyl (C=O) groups excluding carboxylic acids is 2. The van der Waals surface area contributed by atoms with Crippen LogP contribution >= 0.6 is 0 Å². The second-order valence-electron chi connectivity index (χ2n) is 5.92. The average Bonchev–Trinajstić information content (AvgIpc) is 2.64. The molecule has 2 amide bonds. The number of nitrogens with one attached hydrogen (secondary N) is 1. The summed E-state index contributed by atoms with van der Waals surface area (Å²) in [5, 5.41) is 4.85. The zero-order chi connectivity index (χ0) is 17.8. The van der Waals surface area contributed by atoms with Crippen LogP contribution in [-0.4, -0.2) is 49.6 Å². The smallest absolute Gasteiger partial charge is 0.261 e. The number of ether oxygens (including phenoxy) is 1. The van der Waals surface area contributed by atoms with Gasteiger partial charge in [0.2, 0.25) is 0 Å². The lowest BCUT2D eigenvalue weighted by atomic mass is 9.93. The Morgan fingerprint density at radius 2 is 1.88 bits per heavy atom. The summed E-state index contributed by atoms with van der Waals surface area (Å²) >= 11 is 0. The highest BCUT2D eigenvalue weighted by atomic mass is 16.5. The van der Waals surface area contributed by atoms with Crippen LogP contribution in [0.4, 0.5) is 5.69 Å². The van der Waals surface area contributed by atoms with Crippen LogP contribution in [0.15, 0.2) is 30.3 Å². The molecule has 0 unspecified atom stereocenters. The second kappa shape index (κ2) is 7.63. The number of nitrogens with two attached hydrogens (primary N) is 1. The molecule has 0 aliphatic carbocycles. The number of rotatable bonds is 8. The Morgan fingerprint density at radius 1 is 1.12 bits per heavy atom. The zero-order valence-electron chi connectivity index (χ0n) is 14.4. The summed E-state index contributed by atoms with van der Waals surface area (Å²) in [7, 11) is 0. The van der Waals surface area contributed by atoms with Gasteiger partial charge in [-0.25, -0.2) is 0 Å². The molecule has 3 N–H and O–H groups in total. The average molecular weight is 341 g/mol. The molecule has 2 aromatic rings. The molecule has 3 rings (SSSR count). The predicted octanol–water partition coefficient (Wildman–Crippen LogP) is 2.23. The van der Waals surface area contributed by atoms with Gasteiger partial charge in [-0.05, 0) is 31.5 Å². The van der Waals surface area contributed by atoms with Gasteiger partial charge in [0.25, 0.3) is 11.8 Å². The Hall–Kier alpha value is -2.44. The molecule has 1 heterocycles. The summed E-state index contributed by atoms with van der Waals surface area (Å²) in [6.07, 6.45) is 0.632. The van der Waals surface area contributed by atoms with Gasteiger partial charge in [0.15, 0.2) is 0 Å². The lowest BCUT2D eigenvalue weighted by Gasteiger charge is -2.28. The molecular formula is C19H23N3O3. The van der Waals surface area contributed by atoms with E-state index >= 15 is 0 Å². The van der Waals surface area contributed by atoms with Crippen LogP contribution < -0.4 is 11.1 Å². The van der Waals surface area contributed by atoms with E-state index in [1.54, 1.807) is 12.1 Å². The summed E-state index contributed by atoms with van der Waals surface area (Å²) in [5.74, 6) is -0.480. The van der Waals surface area contributed by atoms with Crippen LogP contribution in [0, 0.1) is 0 Å². The molecule has 6 heteroatoms. The molecule has 6 nitrogen and oxygen atoms in total. The largest absolute Gasteiger partial charge is 0.383 e. The number of benzene rings is 2. The first-order chi connectivity index (χ1) is 12.2. The molecule has 25 heavy (non-hydrogen) atoms. The van der Waals surface area contributed by atoms with E-state index in [-0.39, 0.29) is 11.8 Å². The number of hydrogen-bond donors (Lipinski definition) is 2. The number of anilines is 1. The summed E-state index contributed by atoms with van der Waals surface area (Å²) < 4.78 is 5.31. The Labute approximate surface area is 146 Å². The van der Waals surface area contributed by atoms with Crippen molar-refractivity contribution >= 4 is 28.3 Å². The van der Waals surface area contributed by atoms with Crippen LogP contribution in [0.25, 0.3) is 10.8 Å². The highest BCUT2D eigenvalue weighted by Crippen LogP contribution is 2.34. The van der Waals surface area contributed by atoms with Crippen LogP contribution in [0.3, 0.4) is 0 Å². The van der Waals surface area contributed by atoms with Crippen molar-refractivity contribution in [3.05, 3.63) is 41.5 Å². The predicted molar refractivity (Wildman–Crippen MR) is 98.0 cm³/mol. The number of imide groups is 1. The quantitative estimate of drug-likeness (QED) is 0.568. The van der Waals surface area contributed by atoms with Crippen molar-refractivity contribution in [3.63, 3.8) is 0 Å². The molecule has 0 atom stereocenters. The lowest BCUT2D eigenvalue weighted by molar-refractivity contribution is 0.0587. The third-order valence-corrected chi connectivity index (χ3v) is 4.33. The first-order valence-electron chi connectivity index (χ1n) is 8.62. The van der Waals surface area contributed by atoms with Crippen molar-refractivity contribution < 1.29 is 14.3 Å². The van der Waals surface area contributed by atoms with Gasteiger partial charge in [-0.2, -0.15) is 0 Å². The Balaban J connectivity index is 1.97. The standard InChI is InChI=1S/C19H23N3O3/c1-2-25-12-4-11-22-18(23)14-6-3-5-13-16(21-10-9-20)8-7-15(17(13)14)19(22)24/h3,5-8,21H,2,4,9-12,20H2,1H3. The monoisotopic (exact) mass is 341 g/mol. The fourth-order valence-corrected chi connectivity index (χ4v) is 3.18. The van der Waals surface area contributed by atoms with E-state index in [4.69, 9.17) is 10.5 Å². The molecular weight excluding hydrogens is 318 g/mol. The van der Waals surface area contributed by atoms with E-state index in [1.807, 2.05) is 25.1 Å². The topological polar surface area (TPSA) is 84.7 Å². The Bertz CT molecular complexity index is 782. The fourth-order valence-electron chi connectivity index (χ4n) is 3.18. The fraction of sp³-hybridized carbons (Fsp3) is 0.368. The van der Waals surface area contributed by atoms with Crippen molar-refractivity contribution in [2.45, 2.75) is 13.3 Å². The SMILES string of the molecule is CCOCCCN1C(=O)c2cccc3c(NCCN)ccc(c23)C1=O. The molecule has 0 saturated heterocycles. The van der Waals surface area contributed by atoms with Gasteiger partial charge in [0, 0.05) is 60.4 Å². The second-order valence-corrected chi connectivity index (χ2v) is 5.92. The molecule has 1 aliphatic heterocycles. The number of hydrogen-bond acceptors (Lipinski definition) is 5. The van der Waals surface area contributed by atoms with Gasteiger partial charge in [-0.15, -0.1) is 0 Å². The van der Waals surface area contributed by atoms with E-state index in [1.165, 1.54) is 4.90 Å². The van der Waals surface area contributed by atoms with Gasteiger partial charge in [0.05, 0.1) is 0 Å². The molecule has 132 valence electrons. The van der Waals surface area contributed by atoms with Gasteiger partial charge in [-0.3, -0.25) is 14.5 Å². The van der Waals surface area contributed by atoms with E-state index in [2.05, 4.69) is 5.32 Å². The summed E-state index contributed by atoms with van der Waals surface area (Å²) in [6.45, 7) is 4.58. The minimum atomic E-state index is -0.240. The van der Waals surface area contributed by atoms with Gasteiger partial charge < -0.3 is 15.8 Å². The molecule has 0 radical (unpaired) electrons. The Kier molecular flexibility index (Phi) is 5.31. The molecule has 2 aromatic carbocycles. The van der Waals surface area contributed by atoms with Crippen molar-refractivity contribution in [1.29, 1.82) is 0 Å². The Morgan fingerprint density at radius 3 is 2.60 bits per heavy atom. The van der Waals surface area contributed by atoms with E-state index in [0.717, 1.165) is 16.5 Å². The summed E-state index contributed by atoms with van der Waals surface area (Å²) in [5.41, 5.74) is 7.58. The molecule has 0 spiro atoms. The van der Waals surface area contributed by atoms with Crippen molar-refractivity contribution in [2.24, 2.45) is 5.73 Å². The molecule has 1 aliphatic rings. The third-order valence-electron chi connectivity index (χ3n) is 4.33. The maximum absolute atomic E-state index is 12.8. The van der Waals surface area contributed by atoms with Crippen molar-refractivity contribution in [1.82, 2.24) is 4.90 Å². The number of nitrogens with zero attached hydrogens (tertiary/aromatic N) is 1. The van der Waals surface area contributed by atoms with Crippen LogP contribution in [0.1, 0.15) is 34.1 Å². The van der Waals surface area contributed by atoms with Crippen molar-refractivity contribution in [2.75, 3.05) is 38.2 Å². The van der Waals surface area contributed by atoms with Crippen molar-refractivity contribution in [3.8, 4) is 0 Å². The molecule has 0 saturated carbocycles.